The Bertz CT molecular complexity index is 718. The first kappa shape index (κ1) is 14.1. The molecular formula is C13H8FIN2O4. The summed E-state index contributed by atoms with van der Waals surface area (Å²) in [7, 11) is 0. The standard InChI is InChI=1S/C13H8FIN2O4/c14-5-3-6-10(7(15)4-5)13(21)17(12(6)20)8-1-2-9(18)16-11(8)19/h3-4,8H,1-2H2,(H,16,18,19). The van der Waals surface area contributed by atoms with E-state index in [1.807, 2.05) is 0 Å². The van der Waals surface area contributed by atoms with Gasteiger partial charge in [0.15, 0.2) is 0 Å². The van der Waals surface area contributed by atoms with E-state index in [0.717, 1.165) is 17.0 Å². The summed E-state index contributed by atoms with van der Waals surface area (Å²) in [5, 5.41) is 2.10. The predicted molar refractivity (Wildman–Crippen MR) is 75.8 cm³/mol. The van der Waals surface area contributed by atoms with Gasteiger partial charge in [-0.25, -0.2) is 4.39 Å². The molecular weight excluding hydrogens is 394 g/mol. The molecule has 8 heteroatoms. The zero-order valence-corrected chi connectivity index (χ0v) is 12.6. The Hall–Kier alpha value is -1.84. The summed E-state index contributed by atoms with van der Waals surface area (Å²) in [6, 6.07) is 1.11. The maximum Gasteiger partial charge on any atom is 0.263 e. The lowest BCUT2D eigenvalue weighted by atomic mass is 10.0. The molecule has 0 saturated carbocycles. The van der Waals surface area contributed by atoms with Crippen LogP contribution in [0.3, 0.4) is 0 Å². The van der Waals surface area contributed by atoms with E-state index in [9.17, 15) is 23.6 Å². The minimum absolute atomic E-state index is 0.0471. The molecule has 0 aromatic heterocycles. The van der Waals surface area contributed by atoms with Crippen molar-refractivity contribution in [2.24, 2.45) is 0 Å². The van der Waals surface area contributed by atoms with Gasteiger partial charge in [-0.2, -0.15) is 0 Å². The maximum absolute atomic E-state index is 13.4. The third kappa shape index (κ3) is 2.13. The lowest BCUT2D eigenvalue weighted by molar-refractivity contribution is -0.136. The smallest absolute Gasteiger partial charge is 0.263 e. The molecule has 21 heavy (non-hydrogen) atoms. The van der Waals surface area contributed by atoms with Crippen molar-refractivity contribution in [2.75, 3.05) is 0 Å². The minimum Gasteiger partial charge on any atom is -0.295 e. The number of piperidine rings is 1. The molecule has 1 N–H and O–H groups in total. The van der Waals surface area contributed by atoms with Crippen molar-refractivity contribution >= 4 is 46.2 Å². The fourth-order valence-electron chi connectivity index (χ4n) is 2.51. The summed E-state index contributed by atoms with van der Waals surface area (Å²) in [5.41, 5.74) is 0.0563. The van der Waals surface area contributed by atoms with Crippen LogP contribution < -0.4 is 5.32 Å². The van der Waals surface area contributed by atoms with Crippen molar-refractivity contribution in [1.82, 2.24) is 10.2 Å². The molecule has 6 nitrogen and oxygen atoms in total. The second-order valence-electron chi connectivity index (χ2n) is 4.76. The number of carbonyl (C=O) groups excluding carboxylic acids is 4. The Kier molecular flexibility index (Phi) is 3.27. The first-order valence-corrected chi connectivity index (χ1v) is 7.18. The number of amides is 4. The van der Waals surface area contributed by atoms with Gasteiger partial charge in [0.1, 0.15) is 11.9 Å². The molecule has 0 radical (unpaired) electrons. The number of hydrogen-bond acceptors (Lipinski definition) is 4. The summed E-state index contributed by atoms with van der Waals surface area (Å²) in [6.07, 6.45) is 0.129. The van der Waals surface area contributed by atoms with E-state index >= 15 is 0 Å². The van der Waals surface area contributed by atoms with Gasteiger partial charge >= 0.3 is 0 Å². The molecule has 0 spiro atoms. The summed E-state index contributed by atoms with van der Waals surface area (Å²) in [5.74, 6) is -3.08. The van der Waals surface area contributed by atoms with Gasteiger partial charge in [-0.3, -0.25) is 29.4 Å². The van der Waals surface area contributed by atoms with Crippen molar-refractivity contribution < 1.29 is 23.6 Å². The number of halogens is 2. The number of benzene rings is 1. The summed E-state index contributed by atoms with van der Waals surface area (Å²) < 4.78 is 13.7. The molecule has 2 heterocycles. The van der Waals surface area contributed by atoms with Gasteiger partial charge in [-0.05, 0) is 41.1 Å². The molecule has 2 aliphatic heterocycles. The summed E-state index contributed by atoms with van der Waals surface area (Å²) in [4.78, 5) is 48.5. The third-order valence-electron chi connectivity index (χ3n) is 3.46. The Balaban J connectivity index is 2.02. The zero-order valence-electron chi connectivity index (χ0n) is 10.5. The van der Waals surface area contributed by atoms with E-state index < -0.39 is 35.5 Å². The first-order valence-electron chi connectivity index (χ1n) is 6.11. The number of fused-ring (bicyclic) bond motifs is 1. The Morgan fingerprint density at radius 1 is 1.19 bits per heavy atom. The highest BCUT2D eigenvalue weighted by Gasteiger charge is 2.45. The highest BCUT2D eigenvalue weighted by Crippen LogP contribution is 2.31. The SMILES string of the molecule is O=C1CCC(N2C(=O)c3cc(F)cc(I)c3C2=O)C(=O)N1. The van der Waals surface area contributed by atoms with Gasteiger partial charge in [0, 0.05) is 9.99 Å². The number of carbonyl (C=O) groups is 4. The van der Waals surface area contributed by atoms with Crippen LogP contribution in [0.15, 0.2) is 12.1 Å². The highest BCUT2D eigenvalue weighted by molar-refractivity contribution is 14.1. The number of rotatable bonds is 1. The highest BCUT2D eigenvalue weighted by atomic mass is 127. The van der Waals surface area contributed by atoms with E-state index in [1.165, 1.54) is 0 Å². The van der Waals surface area contributed by atoms with Crippen LogP contribution in [0.1, 0.15) is 33.6 Å². The zero-order chi connectivity index (χ0) is 15.3. The molecule has 1 atom stereocenters. The topological polar surface area (TPSA) is 83.6 Å². The molecule has 4 amide bonds. The van der Waals surface area contributed by atoms with Crippen LogP contribution in [0.25, 0.3) is 0 Å². The number of hydrogen-bond donors (Lipinski definition) is 1. The molecule has 108 valence electrons. The number of nitrogens with one attached hydrogen (secondary N) is 1. The third-order valence-corrected chi connectivity index (χ3v) is 4.31. The van der Waals surface area contributed by atoms with Gasteiger partial charge in [-0.1, -0.05) is 0 Å². The van der Waals surface area contributed by atoms with Gasteiger partial charge in [0.05, 0.1) is 11.1 Å². The van der Waals surface area contributed by atoms with Crippen LogP contribution in [-0.4, -0.2) is 34.6 Å². The predicted octanol–water partition coefficient (Wildman–Crippen LogP) is 0.832. The molecule has 0 bridgehead atoms. The van der Waals surface area contributed by atoms with Gasteiger partial charge in [-0.15, -0.1) is 0 Å². The Labute approximate surface area is 131 Å². The molecule has 1 saturated heterocycles. The average Bonchev–Trinajstić information content (AvgIpc) is 2.63. The molecule has 1 aromatic carbocycles. The minimum atomic E-state index is -1.03. The molecule has 0 aliphatic carbocycles. The van der Waals surface area contributed by atoms with Crippen LogP contribution >= 0.6 is 22.6 Å². The van der Waals surface area contributed by atoms with Crippen LogP contribution in [0.2, 0.25) is 0 Å². The van der Waals surface area contributed by atoms with Crippen molar-refractivity contribution in [3.63, 3.8) is 0 Å². The average molecular weight is 402 g/mol. The summed E-state index contributed by atoms with van der Waals surface area (Å²) in [6.45, 7) is 0. The molecule has 1 unspecified atom stereocenters. The van der Waals surface area contributed by atoms with Crippen LogP contribution in [0.4, 0.5) is 4.39 Å². The molecule has 1 aromatic rings. The van der Waals surface area contributed by atoms with E-state index in [0.29, 0.717) is 3.57 Å². The number of nitrogens with zero attached hydrogens (tertiary/aromatic N) is 1. The van der Waals surface area contributed by atoms with Crippen molar-refractivity contribution in [2.45, 2.75) is 18.9 Å². The van der Waals surface area contributed by atoms with Crippen LogP contribution in [0.5, 0.6) is 0 Å². The Morgan fingerprint density at radius 2 is 1.90 bits per heavy atom. The lowest BCUT2D eigenvalue weighted by Gasteiger charge is -2.27. The van der Waals surface area contributed by atoms with E-state index in [2.05, 4.69) is 5.32 Å². The Morgan fingerprint density at radius 3 is 2.57 bits per heavy atom. The lowest BCUT2D eigenvalue weighted by Crippen LogP contribution is -2.54. The van der Waals surface area contributed by atoms with Crippen LogP contribution in [0, 0.1) is 9.39 Å². The van der Waals surface area contributed by atoms with Crippen molar-refractivity contribution in [1.29, 1.82) is 0 Å². The van der Waals surface area contributed by atoms with Gasteiger partial charge < -0.3 is 0 Å². The second-order valence-corrected chi connectivity index (χ2v) is 5.92. The monoisotopic (exact) mass is 402 g/mol. The van der Waals surface area contributed by atoms with E-state index in [4.69, 9.17) is 0 Å². The first-order chi connectivity index (χ1) is 9.90. The second kappa shape index (κ2) is 4.86. The number of imide groups is 2. The molecule has 1 fully saturated rings. The quantitative estimate of drug-likeness (QED) is 0.558. The van der Waals surface area contributed by atoms with Gasteiger partial charge in [0.25, 0.3) is 11.8 Å². The molecule has 3 rings (SSSR count). The largest absolute Gasteiger partial charge is 0.295 e. The molecule has 2 aliphatic rings. The van der Waals surface area contributed by atoms with Crippen molar-refractivity contribution in [3.8, 4) is 0 Å². The van der Waals surface area contributed by atoms with Crippen molar-refractivity contribution in [3.05, 3.63) is 32.6 Å². The van der Waals surface area contributed by atoms with Gasteiger partial charge in [0.2, 0.25) is 11.8 Å². The van der Waals surface area contributed by atoms with E-state index in [1.54, 1.807) is 22.6 Å². The van der Waals surface area contributed by atoms with Crippen LogP contribution in [-0.2, 0) is 9.59 Å². The van der Waals surface area contributed by atoms with E-state index in [-0.39, 0.29) is 24.0 Å². The normalized spacial score (nSPS) is 21.6. The fraction of sp³-hybridized carbons (Fsp3) is 0.231. The fourth-order valence-corrected chi connectivity index (χ4v) is 3.33. The maximum atomic E-state index is 13.4. The summed E-state index contributed by atoms with van der Waals surface area (Å²) >= 11 is 1.77.